The standard InChI is InChI=1S/C27H34FNO3Si/c1-7-31-26(30)18-22(32-33(4,5)6)16-17-25-27(20-12-14-21(28)15-13-20)23-10-8-9-11-24(23)29(25)19(2)3/h8-17,19,22H,7,18H2,1-6H3. The van der Waals surface area contributed by atoms with Crippen LogP contribution in [0.2, 0.25) is 19.6 Å². The third-order valence-electron chi connectivity index (χ3n) is 5.24. The molecule has 1 atom stereocenters. The Morgan fingerprint density at radius 3 is 2.36 bits per heavy atom. The Balaban J connectivity index is 2.15. The lowest BCUT2D eigenvalue weighted by atomic mass is 10.0. The molecule has 1 aromatic heterocycles. The van der Waals surface area contributed by atoms with Crippen molar-refractivity contribution in [3.63, 3.8) is 0 Å². The molecule has 0 aliphatic rings. The molecule has 3 aromatic rings. The number of carbonyl (C=O) groups is 1. The number of para-hydroxylation sites is 1. The Morgan fingerprint density at radius 1 is 1.09 bits per heavy atom. The molecule has 0 saturated carbocycles. The summed E-state index contributed by atoms with van der Waals surface area (Å²) in [7, 11) is -1.91. The predicted molar refractivity (Wildman–Crippen MR) is 136 cm³/mol. The van der Waals surface area contributed by atoms with Crippen molar-refractivity contribution in [1.29, 1.82) is 0 Å². The highest BCUT2D eigenvalue weighted by Crippen LogP contribution is 2.38. The second-order valence-electron chi connectivity index (χ2n) is 9.38. The second-order valence-corrected chi connectivity index (χ2v) is 13.8. The third kappa shape index (κ3) is 6.21. The molecule has 6 heteroatoms. The summed E-state index contributed by atoms with van der Waals surface area (Å²) in [6.07, 6.45) is 3.80. The maximum absolute atomic E-state index is 13.7. The molecule has 176 valence electrons. The summed E-state index contributed by atoms with van der Waals surface area (Å²) < 4.78 is 27.4. The van der Waals surface area contributed by atoms with Crippen LogP contribution in [-0.4, -0.2) is 31.6 Å². The van der Waals surface area contributed by atoms with Crippen LogP contribution >= 0.6 is 0 Å². The van der Waals surface area contributed by atoms with Gasteiger partial charge in [0.1, 0.15) is 5.82 Å². The fourth-order valence-corrected chi connectivity index (χ4v) is 5.18. The number of fused-ring (bicyclic) bond motifs is 1. The first kappa shape index (κ1) is 24.9. The Labute approximate surface area is 197 Å². The Morgan fingerprint density at radius 2 is 1.76 bits per heavy atom. The molecule has 1 unspecified atom stereocenters. The van der Waals surface area contributed by atoms with Gasteiger partial charge in [0.25, 0.3) is 0 Å². The van der Waals surface area contributed by atoms with Crippen LogP contribution in [0.4, 0.5) is 4.39 Å². The topological polar surface area (TPSA) is 40.5 Å². The molecule has 0 N–H and O–H groups in total. The van der Waals surface area contributed by atoms with E-state index in [9.17, 15) is 9.18 Å². The maximum atomic E-state index is 13.7. The molecule has 0 spiro atoms. The number of nitrogens with zero attached hydrogens (tertiary/aromatic N) is 1. The van der Waals surface area contributed by atoms with Crippen molar-refractivity contribution in [1.82, 2.24) is 4.57 Å². The van der Waals surface area contributed by atoms with Gasteiger partial charge >= 0.3 is 5.97 Å². The second kappa shape index (κ2) is 10.5. The monoisotopic (exact) mass is 467 g/mol. The number of benzene rings is 2. The van der Waals surface area contributed by atoms with Gasteiger partial charge in [-0.15, -0.1) is 0 Å². The molecule has 1 heterocycles. The molecular weight excluding hydrogens is 433 g/mol. The van der Waals surface area contributed by atoms with Gasteiger partial charge in [0.2, 0.25) is 0 Å². The number of carbonyl (C=O) groups excluding carboxylic acids is 1. The van der Waals surface area contributed by atoms with E-state index in [1.54, 1.807) is 6.92 Å². The van der Waals surface area contributed by atoms with Crippen molar-refractivity contribution in [3.05, 3.63) is 66.1 Å². The van der Waals surface area contributed by atoms with E-state index in [4.69, 9.17) is 9.16 Å². The van der Waals surface area contributed by atoms with Crippen molar-refractivity contribution in [2.75, 3.05) is 6.61 Å². The summed E-state index contributed by atoms with van der Waals surface area (Å²) in [6.45, 7) is 12.8. The predicted octanol–water partition coefficient (Wildman–Crippen LogP) is 7.21. The van der Waals surface area contributed by atoms with Gasteiger partial charge in [-0.2, -0.15) is 0 Å². The minimum Gasteiger partial charge on any atom is -0.466 e. The fourth-order valence-electron chi connectivity index (χ4n) is 4.11. The molecule has 2 aromatic carbocycles. The summed E-state index contributed by atoms with van der Waals surface area (Å²) >= 11 is 0. The molecule has 0 aliphatic carbocycles. The van der Waals surface area contributed by atoms with E-state index in [1.165, 1.54) is 12.1 Å². The van der Waals surface area contributed by atoms with Gasteiger partial charge < -0.3 is 13.7 Å². The number of hydrogen-bond donors (Lipinski definition) is 0. The average molecular weight is 468 g/mol. The summed E-state index contributed by atoms with van der Waals surface area (Å²) in [5.41, 5.74) is 4.10. The zero-order valence-electron chi connectivity index (χ0n) is 20.4. The van der Waals surface area contributed by atoms with Crippen LogP contribution in [0.25, 0.3) is 28.1 Å². The number of esters is 1. The highest BCUT2D eigenvalue weighted by molar-refractivity contribution is 6.69. The molecule has 0 radical (unpaired) electrons. The van der Waals surface area contributed by atoms with E-state index < -0.39 is 8.32 Å². The number of halogens is 1. The maximum Gasteiger partial charge on any atom is 0.308 e. The molecule has 4 nitrogen and oxygen atoms in total. The van der Waals surface area contributed by atoms with Crippen molar-refractivity contribution in [2.45, 2.75) is 59.0 Å². The van der Waals surface area contributed by atoms with Crippen LogP contribution in [0.5, 0.6) is 0 Å². The first-order chi connectivity index (χ1) is 15.6. The zero-order valence-corrected chi connectivity index (χ0v) is 21.4. The lowest BCUT2D eigenvalue weighted by Gasteiger charge is -2.24. The van der Waals surface area contributed by atoms with Gasteiger partial charge in [-0.25, -0.2) is 4.39 Å². The Bertz CT molecular complexity index is 1130. The van der Waals surface area contributed by atoms with Crippen LogP contribution in [0.3, 0.4) is 0 Å². The normalized spacial score (nSPS) is 13.2. The van der Waals surface area contributed by atoms with Gasteiger partial charge in [-0.3, -0.25) is 4.79 Å². The fraction of sp³-hybridized carbons (Fsp3) is 0.370. The van der Waals surface area contributed by atoms with Gasteiger partial charge in [-0.1, -0.05) is 36.4 Å². The van der Waals surface area contributed by atoms with Crippen molar-refractivity contribution >= 4 is 31.3 Å². The van der Waals surface area contributed by atoms with E-state index >= 15 is 0 Å². The van der Waals surface area contributed by atoms with Crippen LogP contribution in [0.15, 0.2) is 54.6 Å². The Hall–Kier alpha value is -2.70. The van der Waals surface area contributed by atoms with E-state index in [-0.39, 0.29) is 30.4 Å². The molecule has 0 amide bonds. The lowest BCUT2D eigenvalue weighted by Crippen LogP contribution is -2.32. The van der Waals surface area contributed by atoms with E-state index in [1.807, 2.05) is 36.4 Å². The van der Waals surface area contributed by atoms with E-state index in [0.29, 0.717) is 6.61 Å². The molecule has 3 rings (SSSR count). The van der Waals surface area contributed by atoms with Gasteiger partial charge in [-0.05, 0) is 70.3 Å². The molecule has 33 heavy (non-hydrogen) atoms. The van der Waals surface area contributed by atoms with Gasteiger partial charge in [0, 0.05) is 28.2 Å². The van der Waals surface area contributed by atoms with Crippen LogP contribution in [0, 0.1) is 5.82 Å². The Kier molecular flexibility index (Phi) is 7.92. The first-order valence-corrected chi connectivity index (χ1v) is 14.9. The van der Waals surface area contributed by atoms with Crippen LogP contribution in [-0.2, 0) is 14.0 Å². The SMILES string of the molecule is CCOC(=O)CC(C=Cc1c(-c2ccc(F)cc2)c2ccccc2n1C(C)C)O[Si](C)(C)C. The number of rotatable bonds is 9. The summed E-state index contributed by atoms with van der Waals surface area (Å²) in [5.74, 6) is -0.532. The summed E-state index contributed by atoms with van der Waals surface area (Å²) in [5, 5.41) is 1.10. The third-order valence-corrected chi connectivity index (χ3v) is 6.25. The molecule has 0 aliphatic heterocycles. The quantitative estimate of drug-likeness (QED) is 0.246. The minimum absolute atomic E-state index is 0.169. The average Bonchev–Trinajstić information content (AvgIpc) is 3.06. The lowest BCUT2D eigenvalue weighted by molar-refractivity contribution is -0.144. The highest BCUT2D eigenvalue weighted by Gasteiger charge is 2.23. The van der Waals surface area contributed by atoms with Crippen LogP contribution in [0.1, 0.15) is 38.9 Å². The molecule has 0 saturated heterocycles. The zero-order chi connectivity index (χ0) is 24.2. The summed E-state index contributed by atoms with van der Waals surface area (Å²) in [4.78, 5) is 12.2. The van der Waals surface area contributed by atoms with Gasteiger partial charge in [0.05, 0.1) is 19.1 Å². The molecular formula is C27H34FNO3Si. The largest absolute Gasteiger partial charge is 0.466 e. The number of ether oxygens (including phenoxy) is 1. The van der Waals surface area contributed by atoms with Crippen LogP contribution < -0.4 is 0 Å². The molecule has 0 fully saturated rings. The van der Waals surface area contributed by atoms with Gasteiger partial charge in [0.15, 0.2) is 8.32 Å². The highest BCUT2D eigenvalue weighted by atomic mass is 28.4. The van der Waals surface area contributed by atoms with Crippen molar-refractivity contribution in [2.24, 2.45) is 0 Å². The smallest absolute Gasteiger partial charge is 0.308 e. The number of hydrogen-bond acceptors (Lipinski definition) is 3. The van der Waals surface area contributed by atoms with Crippen molar-refractivity contribution in [3.8, 4) is 11.1 Å². The first-order valence-electron chi connectivity index (χ1n) is 11.5. The minimum atomic E-state index is -1.91. The van der Waals surface area contributed by atoms with E-state index in [2.05, 4.69) is 50.2 Å². The van der Waals surface area contributed by atoms with Crippen molar-refractivity contribution < 1.29 is 18.3 Å². The van der Waals surface area contributed by atoms with E-state index in [0.717, 1.165) is 27.7 Å². The number of aromatic nitrogens is 1. The molecule has 0 bridgehead atoms. The summed E-state index contributed by atoms with van der Waals surface area (Å²) in [6, 6.07) is 15.1.